The number of aliphatic carboxylic acids is 1. The number of carboxylic acid groups (broad SMARTS) is 2. The van der Waals surface area contributed by atoms with Crippen LogP contribution in [-0.4, -0.2) is 28.8 Å². The highest BCUT2D eigenvalue weighted by Crippen LogP contribution is 2.23. The number of para-hydroxylation sites is 1. The minimum absolute atomic E-state index is 0.0434. The predicted octanol–water partition coefficient (Wildman–Crippen LogP) is 6.52. The van der Waals surface area contributed by atoms with Crippen molar-refractivity contribution in [2.75, 3.05) is 6.61 Å². The lowest BCUT2D eigenvalue weighted by Crippen LogP contribution is -2.09. The summed E-state index contributed by atoms with van der Waals surface area (Å²) in [5.74, 6) is -1.39. The SMILES string of the molecule is O=C(O)CC(/C=C/c1ccccc1OCCCCCc1ccccc1)Cc1cccc(C(=O)O)c1. The van der Waals surface area contributed by atoms with Crippen molar-refractivity contribution in [1.82, 2.24) is 0 Å². The first kappa shape index (κ1) is 25.8. The zero-order chi connectivity index (χ0) is 24.9. The zero-order valence-electron chi connectivity index (χ0n) is 19.8. The fourth-order valence-electron chi connectivity index (χ4n) is 3.99. The molecule has 3 rings (SSSR count). The zero-order valence-corrected chi connectivity index (χ0v) is 19.8. The van der Waals surface area contributed by atoms with Crippen LogP contribution >= 0.6 is 0 Å². The lowest BCUT2D eigenvalue weighted by atomic mass is 9.94. The van der Waals surface area contributed by atoms with Crippen LogP contribution in [0.15, 0.2) is 84.9 Å². The monoisotopic (exact) mass is 472 g/mol. The molecule has 0 fully saturated rings. The highest BCUT2D eigenvalue weighted by atomic mass is 16.5. The van der Waals surface area contributed by atoms with Crippen LogP contribution in [-0.2, 0) is 17.6 Å². The smallest absolute Gasteiger partial charge is 0.335 e. The molecule has 0 aliphatic rings. The van der Waals surface area contributed by atoms with E-state index in [1.165, 1.54) is 11.6 Å². The van der Waals surface area contributed by atoms with Crippen LogP contribution in [0.2, 0.25) is 0 Å². The molecule has 182 valence electrons. The fraction of sp³-hybridized carbons (Fsp3) is 0.267. The third-order valence-corrected chi connectivity index (χ3v) is 5.79. The van der Waals surface area contributed by atoms with Crippen molar-refractivity contribution in [2.24, 2.45) is 5.92 Å². The summed E-state index contributed by atoms with van der Waals surface area (Å²) in [6.45, 7) is 0.625. The molecule has 0 bridgehead atoms. The van der Waals surface area contributed by atoms with E-state index < -0.39 is 11.9 Å². The Morgan fingerprint density at radius 2 is 1.57 bits per heavy atom. The Kier molecular flexibility index (Phi) is 10.1. The van der Waals surface area contributed by atoms with E-state index in [1.54, 1.807) is 12.1 Å². The van der Waals surface area contributed by atoms with Crippen molar-refractivity contribution < 1.29 is 24.5 Å². The van der Waals surface area contributed by atoms with Gasteiger partial charge in [0.25, 0.3) is 0 Å². The van der Waals surface area contributed by atoms with Crippen LogP contribution in [0.4, 0.5) is 0 Å². The van der Waals surface area contributed by atoms with Crippen molar-refractivity contribution in [3.63, 3.8) is 0 Å². The first-order valence-corrected chi connectivity index (χ1v) is 12.0. The van der Waals surface area contributed by atoms with Gasteiger partial charge in [-0.25, -0.2) is 4.79 Å². The number of rotatable bonds is 14. The molecule has 0 aliphatic carbocycles. The second kappa shape index (κ2) is 13.8. The molecule has 0 amide bonds. The van der Waals surface area contributed by atoms with Gasteiger partial charge in [-0.3, -0.25) is 4.79 Å². The molecule has 3 aromatic carbocycles. The molecule has 35 heavy (non-hydrogen) atoms. The summed E-state index contributed by atoms with van der Waals surface area (Å²) in [5.41, 5.74) is 3.24. The summed E-state index contributed by atoms with van der Waals surface area (Å²) in [6.07, 6.45) is 8.42. The summed E-state index contributed by atoms with van der Waals surface area (Å²) >= 11 is 0. The molecule has 0 heterocycles. The molecule has 0 spiro atoms. The van der Waals surface area contributed by atoms with Crippen molar-refractivity contribution in [3.8, 4) is 5.75 Å². The Morgan fingerprint density at radius 1 is 0.829 bits per heavy atom. The maximum atomic E-state index is 11.4. The standard InChI is InChI=1S/C30H32O5/c31-29(32)22-25(20-24-13-9-15-27(21-24)30(33)34)17-18-26-14-6-7-16-28(26)35-19-8-2-5-12-23-10-3-1-4-11-23/h1,3-4,6-7,9-11,13-18,21,25H,2,5,8,12,19-20,22H2,(H,31,32)(H,33,34)/b18-17+. The van der Waals surface area contributed by atoms with Crippen LogP contribution < -0.4 is 4.74 Å². The van der Waals surface area contributed by atoms with Crippen LogP contribution in [0, 0.1) is 5.92 Å². The lowest BCUT2D eigenvalue weighted by Gasteiger charge is -2.12. The van der Waals surface area contributed by atoms with E-state index in [0.717, 1.165) is 42.6 Å². The third kappa shape index (κ3) is 9.13. The molecule has 0 saturated carbocycles. The number of benzene rings is 3. The van der Waals surface area contributed by atoms with Crippen molar-refractivity contribution in [3.05, 3.63) is 107 Å². The number of allylic oxidation sites excluding steroid dienone is 1. The Hall–Kier alpha value is -3.86. The molecule has 3 aromatic rings. The predicted molar refractivity (Wildman–Crippen MR) is 138 cm³/mol. The maximum Gasteiger partial charge on any atom is 0.335 e. The minimum atomic E-state index is -0.997. The molecule has 2 N–H and O–H groups in total. The first-order valence-electron chi connectivity index (χ1n) is 12.0. The average molecular weight is 473 g/mol. The van der Waals surface area contributed by atoms with E-state index in [4.69, 9.17) is 4.74 Å². The molecular weight excluding hydrogens is 440 g/mol. The quantitative estimate of drug-likeness (QED) is 0.261. The van der Waals surface area contributed by atoms with Gasteiger partial charge in [-0.1, -0.05) is 72.8 Å². The van der Waals surface area contributed by atoms with E-state index in [0.29, 0.717) is 13.0 Å². The van der Waals surface area contributed by atoms with Gasteiger partial charge in [0, 0.05) is 5.56 Å². The number of aromatic carboxylic acids is 1. The first-order chi connectivity index (χ1) is 17.0. The van der Waals surface area contributed by atoms with Gasteiger partial charge in [0.1, 0.15) is 5.75 Å². The number of hydrogen-bond donors (Lipinski definition) is 2. The second-order valence-corrected chi connectivity index (χ2v) is 8.61. The maximum absolute atomic E-state index is 11.4. The largest absolute Gasteiger partial charge is 0.493 e. The summed E-state index contributed by atoms with van der Waals surface area (Å²) in [5, 5.41) is 18.6. The number of aryl methyl sites for hydroxylation is 1. The van der Waals surface area contributed by atoms with Gasteiger partial charge in [0.15, 0.2) is 0 Å². The molecule has 0 aromatic heterocycles. The van der Waals surface area contributed by atoms with Crippen LogP contribution in [0.5, 0.6) is 5.75 Å². The minimum Gasteiger partial charge on any atom is -0.493 e. The van der Waals surface area contributed by atoms with Gasteiger partial charge in [-0.05, 0) is 67.3 Å². The number of carbonyl (C=O) groups is 2. The molecular formula is C30H32O5. The number of carboxylic acids is 2. The number of hydrogen-bond acceptors (Lipinski definition) is 3. The van der Waals surface area contributed by atoms with E-state index in [1.807, 2.05) is 48.6 Å². The van der Waals surface area contributed by atoms with Crippen LogP contribution in [0.3, 0.4) is 0 Å². The molecule has 0 saturated heterocycles. The van der Waals surface area contributed by atoms with E-state index >= 15 is 0 Å². The van der Waals surface area contributed by atoms with Gasteiger partial charge >= 0.3 is 11.9 Å². The van der Waals surface area contributed by atoms with Gasteiger partial charge in [0.05, 0.1) is 18.6 Å². The Bertz CT molecular complexity index is 1120. The molecule has 0 aliphatic heterocycles. The average Bonchev–Trinajstić information content (AvgIpc) is 2.85. The van der Waals surface area contributed by atoms with Crippen molar-refractivity contribution >= 4 is 18.0 Å². The fourth-order valence-corrected chi connectivity index (χ4v) is 3.99. The Balaban J connectivity index is 1.56. The van der Waals surface area contributed by atoms with Gasteiger partial charge in [-0.15, -0.1) is 0 Å². The van der Waals surface area contributed by atoms with Crippen molar-refractivity contribution in [2.45, 2.75) is 38.5 Å². The topological polar surface area (TPSA) is 83.8 Å². The molecule has 1 unspecified atom stereocenters. The molecule has 5 nitrogen and oxygen atoms in total. The van der Waals surface area contributed by atoms with E-state index in [9.17, 15) is 19.8 Å². The number of ether oxygens (including phenoxy) is 1. The van der Waals surface area contributed by atoms with Gasteiger partial charge < -0.3 is 14.9 Å². The summed E-state index contributed by atoms with van der Waals surface area (Å²) in [4.78, 5) is 22.7. The Morgan fingerprint density at radius 3 is 2.34 bits per heavy atom. The van der Waals surface area contributed by atoms with Gasteiger partial charge in [-0.2, -0.15) is 0 Å². The summed E-state index contributed by atoms with van der Waals surface area (Å²) in [7, 11) is 0. The van der Waals surface area contributed by atoms with Gasteiger partial charge in [0.2, 0.25) is 0 Å². The van der Waals surface area contributed by atoms with E-state index in [-0.39, 0.29) is 17.9 Å². The van der Waals surface area contributed by atoms with E-state index in [2.05, 4.69) is 24.3 Å². The molecule has 1 atom stereocenters. The molecule has 0 radical (unpaired) electrons. The summed E-state index contributed by atoms with van der Waals surface area (Å²) < 4.78 is 6.03. The normalized spacial score (nSPS) is 11.9. The Labute approximate surface area is 206 Å². The second-order valence-electron chi connectivity index (χ2n) is 8.61. The summed E-state index contributed by atoms with van der Waals surface area (Å²) in [6, 6.07) is 24.8. The number of unbranched alkanes of at least 4 members (excludes halogenated alkanes) is 2. The van der Waals surface area contributed by atoms with Crippen LogP contribution in [0.1, 0.15) is 52.7 Å². The highest BCUT2D eigenvalue weighted by Gasteiger charge is 2.13. The third-order valence-electron chi connectivity index (χ3n) is 5.79. The van der Waals surface area contributed by atoms with Crippen molar-refractivity contribution in [1.29, 1.82) is 0 Å². The lowest BCUT2D eigenvalue weighted by molar-refractivity contribution is -0.137. The van der Waals surface area contributed by atoms with Crippen LogP contribution in [0.25, 0.3) is 6.08 Å². The molecule has 5 heteroatoms. The highest BCUT2D eigenvalue weighted by molar-refractivity contribution is 5.87.